The molecule has 0 aromatic rings. The van der Waals surface area contributed by atoms with E-state index in [9.17, 15) is 81.1 Å². The van der Waals surface area contributed by atoms with Crippen molar-refractivity contribution in [2.45, 2.75) is 174 Å². The highest BCUT2D eigenvalue weighted by Crippen LogP contribution is 2.36. The smallest absolute Gasteiger partial charge is 0.217 e. The van der Waals surface area contributed by atoms with Gasteiger partial charge in [-0.05, 0) is 6.92 Å². The van der Waals surface area contributed by atoms with Crippen molar-refractivity contribution in [1.29, 1.82) is 0 Å². The van der Waals surface area contributed by atoms with E-state index in [1.165, 1.54) is 6.92 Å². The molecular formula is C34H58N2O25. The van der Waals surface area contributed by atoms with Gasteiger partial charge in [0.25, 0.3) is 0 Å². The minimum Gasteiger partial charge on any atom is -0.394 e. The Hall–Kier alpha value is -1.98. The maximum Gasteiger partial charge on any atom is 0.217 e. The minimum absolute atomic E-state index is 0.678. The summed E-state index contributed by atoms with van der Waals surface area (Å²) in [5.74, 6) is -1.47. The Morgan fingerprint density at radius 2 is 0.902 bits per heavy atom. The van der Waals surface area contributed by atoms with Crippen molar-refractivity contribution in [1.82, 2.24) is 10.6 Å². The summed E-state index contributed by atoms with van der Waals surface area (Å²) in [4.78, 5) is 24.3. The van der Waals surface area contributed by atoms with Gasteiger partial charge in [0.15, 0.2) is 31.5 Å². The first-order valence-electron chi connectivity index (χ1n) is 19.4. The molecule has 0 aromatic heterocycles. The Balaban J connectivity index is 1.48. The Kier molecular flexibility index (Phi) is 17.5. The summed E-state index contributed by atoms with van der Waals surface area (Å²) in [6.07, 6.45) is -41.7. The van der Waals surface area contributed by atoms with Gasteiger partial charge in [0, 0.05) is 13.8 Å². The van der Waals surface area contributed by atoms with E-state index in [0.29, 0.717) is 0 Å². The van der Waals surface area contributed by atoms with E-state index in [1.807, 2.05) is 0 Å². The van der Waals surface area contributed by atoms with E-state index >= 15 is 0 Å². The Bertz CT molecular complexity index is 1420. The van der Waals surface area contributed by atoms with Gasteiger partial charge in [0.05, 0.1) is 32.5 Å². The van der Waals surface area contributed by atoms with Crippen LogP contribution in [-0.2, 0) is 52.2 Å². The van der Waals surface area contributed by atoms with Crippen LogP contribution in [0.25, 0.3) is 0 Å². The first-order valence-corrected chi connectivity index (χ1v) is 19.4. The van der Waals surface area contributed by atoms with Crippen LogP contribution in [-0.4, -0.2) is 263 Å². The third-order valence-electron chi connectivity index (χ3n) is 11.1. The van der Waals surface area contributed by atoms with E-state index in [2.05, 4.69) is 10.6 Å². The Morgan fingerprint density at radius 3 is 1.48 bits per heavy atom. The fourth-order valence-corrected chi connectivity index (χ4v) is 7.65. The number of nitrogens with one attached hydrogen (secondary N) is 2. The lowest BCUT2D eigenvalue weighted by Gasteiger charge is -2.51. The molecule has 27 nitrogen and oxygen atoms in total. The number of amides is 2. The largest absolute Gasteiger partial charge is 0.394 e. The van der Waals surface area contributed by atoms with Gasteiger partial charge in [-0.25, -0.2) is 0 Å². The van der Waals surface area contributed by atoms with Crippen molar-refractivity contribution in [3.8, 4) is 0 Å². The second-order valence-corrected chi connectivity index (χ2v) is 15.4. The molecular weight excluding hydrogens is 836 g/mol. The highest BCUT2D eigenvalue weighted by molar-refractivity contribution is 5.73. The third-order valence-corrected chi connectivity index (χ3v) is 11.1. The summed E-state index contributed by atoms with van der Waals surface area (Å²) in [6.45, 7) is 0.0137. The van der Waals surface area contributed by atoms with Crippen LogP contribution in [0, 0.1) is 0 Å². The molecule has 61 heavy (non-hydrogen) atoms. The zero-order valence-corrected chi connectivity index (χ0v) is 33.0. The van der Waals surface area contributed by atoms with Gasteiger partial charge in [-0.15, -0.1) is 0 Å². The van der Waals surface area contributed by atoms with Crippen molar-refractivity contribution in [3.63, 3.8) is 0 Å². The van der Waals surface area contributed by atoms with E-state index in [1.54, 1.807) is 0 Å². The highest BCUT2D eigenvalue weighted by Gasteiger charge is 2.57. The van der Waals surface area contributed by atoms with Crippen LogP contribution in [0.1, 0.15) is 20.8 Å². The summed E-state index contributed by atoms with van der Waals surface area (Å²) >= 11 is 0. The number of carbonyl (C=O) groups is 2. The molecule has 25 atom stereocenters. The molecule has 1 unspecified atom stereocenters. The van der Waals surface area contributed by atoms with Gasteiger partial charge in [0.2, 0.25) is 11.8 Å². The number of aliphatic hydroxyl groups is 14. The number of rotatable bonds is 14. The summed E-state index contributed by atoms with van der Waals surface area (Å²) in [6, 6.07) is -3.12. The predicted octanol–water partition coefficient (Wildman–Crippen LogP) is -10.6. The average molecular weight is 895 g/mol. The molecule has 0 aromatic carbocycles. The lowest BCUT2D eigenvalue weighted by Crippen LogP contribution is -2.70. The molecule has 0 bridgehead atoms. The van der Waals surface area contributed by atoms with E-state index in [4.69, 9.17) is 42.6 Å². The SMILES string of the molecule is CC(=O)N[C@H]1[C@H](OC[C@H]2OC(O)[C@H](NC(C)=O)[C@@H](O[C@@H]3O[C@H](CO)[C@H](O)[C@H](O[C@@H]4O[C@H](CO)[C@H](O)[C@H](O)[C@H]4O)[C@H]3O[C@@H]3O[C@@H](C)[C@@H](O)[C@@H](O)[C@@H]3O)[C@H]2O)O[C@H](CO)[C@@H](O)[C@@H]1O. The van der Waals surface area contributed by atoms with Crippen LogP contribution >= 0.6 is 0 Å². The molecule has 5 saturated heterocycles. The number of aliphatic hydroxyl groups excluding tert-OH is 14. The molecule has 0 spiro atoms. The van der Waals surface area contributed by atoms with Crippen LogP contribution in [0.4, 0.5) is 0 Å². The minimum atomic E-state index is -2.07. The molecule has 0 radical (unpaired) electrons. The fourth-order valence-electron chi connectivity index (χ4n) is 7.65. The lowest BCUT2D eigenvalue weighted by atomic mass is 9.94. The molecule has 0 saturated carbocycles. The van der Waals surface area contributed by atoms with Gasteiger partial charge in [-0.2, -0.15) is 0 Å². The van der Waals surface area contributed by atoms with E-state index in [0.717, 1.165) is 13.8 Å². The van der Waals surface area contributed by atoms with Gasteiger partial charge in [-0.1, -0.05) is 0 Å². The van der Waals surface area contributed by atoms with E-state index < -0.39 is 192 Å². The molecule has 5 fully saturated rings. The molecule has 27 heteroatoms. The standard InChI is InChI=1S/C34H58N2O25/c1-8-17(42)23(48)25(50)32(54-8)61-29-28(60-33-26(51)24(49)19(44)12(5-38)57-33)20(45)13(6-39)58-34(29)59-27-16(36-10(3)41)30(52)55-14(21(27)46)7-53-31-15(35-9(2)40)22(47)18(43)11(4-37)56-31/h8,11-34,37-39,42-52H,4-7H2,1-3H3,(H,35,40)(H,36,41)/t8-,11+,12+,13+,14+,15+,16+,17+,18+,19-,20-,21-,22+,23+,24-,25-,26+,27+,28-,29+,30?,31+,32-,33-,34-/m0/s1. The van der Waals surface area contributed by atoms with Crippen molar-refractivity contribution in [2.75, 3.05) is 26.4 Å². The van der Waals surface area contributed by atoms with Crippen molar-refractivity contribution < 1.29 is 124 Å². The molecule has 2 amide bonds. The quantitative estimate of drug-likeness (QED) is 0.0770. The first-order chi connectivity index (χ1) is 28.7. The van der Waals surface area contributed by atoms with Crippen molar-refractivity contribution in [3.05, 3.63) is 0 Å². The van der Waals surface area contributed by atoms with Gasteiger partial charge in [0.1, 0.15) is 116 Å². The first kappa shape index (κ1) is 50.0. The molecule has 354 valence electrons. The fraction of sp³-hybridized carbons (Fsp3) is 0.941. The average Bonchev–Trinajstić information content (AvgIpc) is 3.21. The number of carbonyl (C=O) groups excluding carboxylic acids is 2. The monoisotopic (exact) mass is 894 g/mol. The molecule has 5 aliphatic heterocycles. The van der Waals surface area contributed by atoms with Gasteiger partial charge >= 0.3 is 0 Å². The summed E-state index contributed by atoms with van der Waals surface area (Å²) in [5, 5.41) is 153. The van der Waals surface area contributed by atoms with Crippen LogP contribution in [0.15, 0.2) is 0 Å². The second kappa shape index (κ2) is 21.3. The molecule has 5 aliphatic rings. The van der Waals surface area contributed by atoms with Crippen LogP contribution < -0.4 is 10.6 Å². The van der Waals surface area contributed by atoms with Crippen LogP contribution in [0.2, 0.25) is 0 Å². The van der Waals surface area contributed by atoms with Crippen LogP contribution in [0.3, 0.4) is 0 Å². The highest BCUT2D eigenvalue weighted by atomic mass is 16.8. The summed E-state index contributed by atoms with van der Waals surface area (Å²) in [5.41, 5.74) is 0. The molecule has 16 N–H and O–H groups in total. The van der Waals surface area contributed by atoms with Gasteiger partial charge < -0.3 is 125 Å². The van der Waals surface area contributed by atoms with E-state index in [-0.39, 0.29) is 0 Å². The Morgan fingerprint density at radius 1 is 0.459 bits per heavy atom. The molecule has 0 aliphatic carbocycles. The van der Waals surface area contributed by atoms with Crippen LogP contribution in [0.5, 0.6) is 0 Å². The van der Waals surface area contributed by atoms with Gasteiger partial charge in [-0.3, -0.25) is 9.59 Å². The Labute approximate surface area is 346 Å². The normalized spacial score (nSPS) is 49.6. The molecule has 5 rings (SSSR count). The zero-order valence-electron chi connectivity index (χ0n) is 33.0. The molecule has 5 heterocycles. The zero-order chi connectivity index (χ0) is 45.2. The predicted molar refractivity (Wildman–Crippen MR) is 188 cm³/mol. The number of hydrogen-bond acceptors (Lipinski definition) is 25. The number of ether oxygens (including phenoxy) is 9. The summed E-state index contributed by atoms with van der Waals surface area (Å²) in [7, 11) is 0. The maximum atomic E-state index is 12.4. The topological polar surface area (TPSA) is 424 Å². The third kappa shape index (κ3) is 10.9. The summed E-state index contributed by atoms with van der Waals surface area (Å²) < 4.78 is 51.8. The number of hydrogen-bond donors (Lipinski definition) is 16. The second-order valence-electron chi connectivity index (χ2n) is 15.4. The van der Waals surface area contributed by atoms with Crippen molar-refractivity contribution >= 4 is 11.8 Å². The lowest BCUT2D eigenvalue weighted by molar-refractivity contribution is -0.401. The maximum absolute atomic E-state index is 12.4. The van der Waals surface area contributed by atoms with Crippen molar-refractivity contribution in [2.24, 2.45) is 0 Å².